The van der Waals surface area contributed by atoms with Crippen LogP contribution in [0, 0.1) is 11.8 Å². The highest BCUT2D eigenvalue weighted by molar-refractivity contribution is 7.89. The number of sulfonamides is 1. The number of nitrogens with zero attached hydrogens (tertiary/aromatic N) is 1. The summed E-state index contributed by atoms with van der Waals surface area (Å²) in [6.45, 7) is 4.01. The topological polar surface area (TPSA) is 49.4 Å². The summed E-state index contributed by atoms with van der Waals surface area (Å²) >= 11 is 0. The normalized spacial score (nSPS) is 25.8. The lowest BCUT2D eigenvalue weighted by atomic mass is 10.4. The van der Waals surface area contributed by atoms with E-state index in [9.17, 15) is 8.42 Å². The SMILES string of the molecule is CC(CNC1CC1)S(=O)(=O)N(CC1CC1)CC1CC1. The maximum Gasteiger partial charge on any atom is 0.217 e. The second kappa shape index (κ2) is 5.34. The van der Waals surface area contributed by atoms with Crippen molar-refractivity contribution in [1.82, 2.24) is 9.62 Å². The lowest BCUT2D eigenvalue weighted by molar-refractivity contribution is 0.376. The van der Waals surface area contributed by atoms with Crippen LogP contribution in [0.1, 0.15) is 45.4 Å². The van der Waals surface area contributed by atoms with Crippen molar-refractivity contribution in [3.05, 3.63) is 0 Å². The van der Waals surface area contributed by atoms with Crippen LogP contribution in [0.25, 0.3) is 0 Å². The molecule has 0 heterocycles. The number of hydrogen-bond donors (Lipinski definition) is 1. The van der Waals surface area contributed by atoms with Crippen molar-refractivity contribution in [2.75, 3.05) is 19.6 Å². The van der Waals surface area contributed by atoms with Gasteiger partial charge >= 0.3 is 0 Å². The zero-order valence-electron chi connectivity index (χ0n) is 11.8. The summed E-state index contributed by atoms with van der Waals surface area (Å²) in [7, 11) is -3.11. The molecular weight excluding hydrogens is 260 g/mol. The van der Waals surface area contributed by atoms with E-state index < -0.39 is 10.0 Å². The fourth-order valence-electron chi connectivity index (χ4n) is 2.44. The Morgan fingerprint density at radius 1 is 1.05 bits per heavy atom. The molecule has 0 aromatic heterocycles. The fraction of sp³-hybridized carbons (Fsp3) is 1.00. The molecule has 4 nitrogen and oxygen atoms in total. The van der Waals surface area contributed by atoms with Crippen molar-refractivity contribution >= 4 is 10.0 Å². The molecule has 3 aliphatic carbocycles. The van der Waals surface area contributed by atoms with Crippen molar-refractivity contribution in [1.29, 1.82) is 0 Å². The van der Waals surface area contributed by atoms with Gasteiger partial charge in [-0.15, -0.1) is 0 Å². The van der Waals surface area contributed by atoms with E-state index in [1.165, 1.54) is 38.5 Å². The van der Waals surface area contributed by atoms with Crippen LogP contribution in [0.15, 0.2) is 0 Å². The Bertz CT molecular complexity index is 397. The Labute approximate surface area is 117 Å². The van der Waals surface area contributed by atoms with Crippen LogP contribution in [-0.2, 0) is 10.0 Å². The summed E-state index contributed by atoms with van der Waals surface area (Å²) in [6.07, 6.45) is 7.27. The molecule has 0 aromatic rings. The lowest BCUT2D eigenvalue weighted by Crippen LogP contribution is -2.44. The largest absolute Gasteiger partial charge is 0.313 e. The van der Waals surface area contributed by atoms with Gasteiger partial charge < -0.3 is 5.32 Å². The summed E-state index contributed by atoms with van der Waals surface area (Å²) in [5.41, 5.74) is 0. The predicted octanol–water partition coefficient (Wildman–Crippen LogP) is 1.58. The van der Waals surface area contributed by atoms with Gasteiger partial charge in [-0.25, -0.2) is 12.7 Å². The maximum atomic E-state index is 12.7. The quantitative estimate of drug-likeness (QED) is 0.700. The Kier molecular flexibility index (Phi) is 3.89. The van der Waals surface area contributed by atoms with Crippen molar-refractivity contribution in [2.45, 2.75) is 56.7 Å². The Morgan fingerprint density at radius 2 is 1.58 bits per heavy atom. The molecule has 1 atom stereocenters. The highest BCUT2D eigenvalue weighted by atomic mass is 32.2. The molecule has 0 aromatic carbocycles. The lowest BCUT2D eigenvalue weighted by Gasteiger charge is -2.26. The predicted molar refractivity (Wildman–Crippen MR) is 76.4 cm³/mol. The van der Waals surface area contributed by atoms with Crippen molar-refractivity contribution in [3.63, 3.8) is 0 Å². The van der Waals surface area contributed by atoms with Gasteiger partial charge in [0.05, 0.1) is 5.25 Å². The van der Waals surface area contributed by atoms with Gasteiger partial charge in [-0.3, -0.25) is 0 Å². The summed E-state index contributed by atoms with van der Waals surface area (Å²) in [4.78, 5) is 0. The van der Waals surface area contributed by atoms with Gasteiger partial charge in [-0.1, -0.05) is 0 Å². The first-order valence-electron chi connectivity index (χ1n) is 7.78. The molecule has 0 spiro atoms. The van der Waals surface area contributed by atoms with Crippen molar-refractivity contribution in [2.24, 2.45) is 11.8 Å². The Balaban J connectivity index is 1.58. The fourth-order valence-corrected chi connectivity index (χ4v) is 4.09. The molecular formula is C14H26N2O2S. The molecule has 19 heavy (non-hydrogen) atoms. The van der Waals surface area contributed by atoms with E-state index in [1.807, 2.05) is 11.2 Å². The number of nitrogens with one attached hydrogen (secondary N) is 1. The van der Waals surface area contributed by atoms with E-state index >= 15 is 0 Å². The van der Waals surface area contributed by atoms with E-state index in [0.29, 0.717) is 24.4 Å². The van der Waals surface area contributed by atoms with Gasteiger partial charge in [0, 0.05) is 25.7 Å². The van der Waals surface area contributed by atoms with Crippen LogP contribution in [-0.4, -0.2) is 43.6 Å². The average Bonchev–Trinajstić information content (AvgIpc) is 3.23. The van der Waals surface area contributed by atoms with Crippen molar-refractivity contribution < 1.29 is 8.42 Å². The van der Waals surface area contributed by atoms with Gasteiger partial charge in [0.1, 0.15) is 0 Å². The smallest absolute Gasteiger partial charge is 0.217 e. The van der Waals surface area contributed by atoms with Crippen LogP contribution in [0.4, 0.5) is 0 Å². The summed E-state index contributed by atoms with van der Waals surface area (Å²) in [5.74, 6) is 1.27. The minimum atomic E-state index is -3.11. The van der Waals surface area contributed by atoms with E-state index in [0.717, 1.165) is 13.1 Å². The molecule has 1 N–H and O–H groups in total. The summed E-state index contributed by atoms with van der Waals surface area (Å²) in [6, 6.07) is 0.581. The van der Waals surface area contributed by atoms with Crippen LogP contribution >= 0.6 is 0 Å². The Hall–Kier alpha value is -0.130. The molecule has 5 heteroatoms. The molecule has 3 aliphatic rings. The summed E-state index contributed by atoms with van der Waals surface area (Å²) < 4.78 is 27.2. The Morgan fingerprint density at radius 3 is 2.00 bits per heavy atom. The second-order valence-corrected chi connectivity index (χ2v) is 9.09. The second-order valence-electron chi connectivity index (χ2n) is 6.74. The zero-order valence-corrected chi connectivity index (χ0v) is 12.7. The molecule has 0 radical (unpaired) electrons. The standard InChI is InChI=1S/C14H26N2O2S/c1-11(8-15-14-6-7-14)19(17,18)16(9-12-2-3-12)10-13-4-5-13/h11-15H,2-10H2,1H3. The molecule has 0 amide bonds. The van der Waals surface area contributed by atoms with Crippen LogP contribution in [0.3, 0.4) is 0 Å². The van der Waals surface area contributed by atoms with E-state index in [4.69, 9.17) is 0 Å². The number of hydrogen-bond acceptors (Lipinski definition) is 3. The van der Waals surface area contributed by atoms with Gasteiger partial charge in [-0.05, 0) is 57.3 Å². The molecule has 1 unspecified atom stereocenters. The molecule has 110 valence electrons. The first-order valence-corrected chi connectivity index (χ1v) is 9.28. The third kappa shape index (κ3) is 3.92. The van der Waals surface area contributed by atoms with E-state index in [-0.39, 0.29) is 5.25 Å². The highest BCUT2D eigenvalue weighted by Crippen LogP contribution is 2.35. The van der Waals surface area contributed by atoms with Gasteiger partial charge in [0.2, 0.25) is 10.0 Å². The van der Waals surface area contributed by atoms with Crippen molar-refractivity contribution in [3.8, 4) is 0 Å². The molecule has 0 bridgehead atoms. The molecule has 3 saturated carbocycles. The minimum absolute atomic E-state index is 0.286. The van der Waals surface area contributed by atoms with Crippen LogP contribution < -0.4 is 5.32 Å². The van der Waals surface area contributed by atoms with Gasteiger partial charge in [0.15, 0.2) is 0 Å². The monoisotopic (exact) mass is 286 g/mol. The minimum Gasteiger partial charge on any atom is -0.313 e. The van der Waals surface area contributed by atoms with E-state index in [1.54, 1.807) is 0 Å². The number of rotatable bonds is 9. The van der Waals surface area contributed by atoms with Crippen LogP contribution in [0.2, 0.25) is 0 Å². The molecule has 0 aliphatic heterocycles. The average molecular weight is 286 g/mol. The van der Waals surface area contributed by atoms with E-state index in [2.05, 4.69) is 5.32 Å². The zero-order chi connectivity index (χ0) is 13.5. The first-order chi connectivity index (χ1) is 9.05. The molecule has 3 fully saturated rings. The maximum absolute atomic E-state index is 12.7. The first kappa shape index (κ1) is 13.8. The van der Waals surface area contributed by atoms with Gasteiger partial charge in [0.25, 0.3) is 0 Å². The third-order valence-electron chi connectivity index (χ3n) is 4.46. The van der Waals surface area contributed by atoms with Crippen LogP contribution in [0.5, 0.6) is 0 Å². The molecule has 0 saturated heterocycles. The highest BCUT2D eigenvalue weighted by Gasteiger charge is 2.37. The van der Waals surface area contributed by atoms with Gasteiger partial charge in [-0.2, -0.15) is 0 Å². The third-order valence-corrected chi connectivity index (χ3v) is 6.66. The summed E-state index contributed by atoms with van der Waals surface area (Å²) in [5, 5.41) is 3.06. The molecule has 3 rings (SSSR count).